The van der Waals surface area contributed by atoms with Crippen LogP contribution in [0.15, 0.2) is 0 Å². The zero-order chi connectivity index (χ0) is 5.21. The third-order valence-corrected chi connectivity index (χ3v) is 2.87. The van der Waals surface area contributed by atoms with Crippen LogP contribution in [0.25, 0.3) is 0 Å². The van der Waals surface area contributed by atoms with Crippen LogP contribution < -0.4 is 0 Å². The molecule has 0 aromatic carbocycles. The van der Waals surface area contributed by atoms with Crippen LogP contribution >= 0.6 is 7.13 Å². The summed E-state index contributed by atoms with van der Waals surface area (Å²) >= 11 is -0.859. The van der Waals surface area contributed by atoms with Crippen LogP contribution in [0.3, 0.4) is 0 Å². The Bertz CT molecular complexity index is 40.5. The Morgan fingerprint density at radius 2 is 1.50 bits per heavy atom. The minimum absolute atomic E-state index is 0.859. The molecule has 0 heterocycles. The maximum atomic E-state index is 7.96. The molecule has 6 heavy (non-hydrogen) atoms. The van der Waals surface area contributed by atoms with Gasteiger partial charge in [-0.15, -0.1) is 0 Å². The fourth-order valence-corrected chi connectivity index (χ4v) is 0. The molecule has 0 aliphatic rings. The van der Waals surface area contributed by atoms with Gasteiger partial charge < -0.3 is 0 Å². The molecule has 0 aromatic rings. The molecule has 0 fully saturated rings. The summed E-state index contributed by atoms with van der Waals surface area (Å²) in [6, 6.07) is 0. The summed E-state index contributed by atoms with van der Waals surface area (Å²) in [6.45, 7) is 0. The molecule has 0 bridgehead atoms. The second-order valence-corrected chi connectivity index (χ2v) is 4.09. The SMILES string of the molecule is O[C](O)(O)[Au][PH2]. The molecule has 3 N–H and O–H groups in total. The molecular weight excluding hydrogens is 288 g/mol. The third kappa shape index (κ3) is 5.05. The molecule has 1 atom stereocenters. The summed E-state index contributed by atoms with van der Waals surface area (Å²) in [6.07, 6.45) is 0. The van der Waals surface area contributed by atoms with Gasteiger partial charge in [0.1, 0.15) is 0 Å². The van der Waals surface area contributed by atoms with E-state index in [0.29, 0.717) is 0 Å². The van der Waals surface area contributed by atoms with Crippen molar-refractivity contribution < 1.29 is 34.5 Å². The normalized spacial score (nSPS) is 12.7. The van der Waals surface area contributed by atoms with E-state index >= 15 is 0 Å². The molecule has 3 nitrogen and oxygen atoms in total. The van der Waals surface area contributed by atoms with E-state index in [1.807, 2.05) is 0 Å². The molecule has 0 amide bonds. The van der Waals surface area contributed by atoms with E-state index in [9.17, 15) is 0 Å². The summed E-state index contributed by atoms with van der Waals surface area (Å²) in [4.78, 5) is 0. The van der Waals surface area contributed by atoms with Gasteiger partial charge in [-0.25, -0.2) is 0 Å². The van der Waals surface area contributed by atoms with Crippen LogP contribution in [-0.2, 0) is 19.2 Å². The summed E-state index contributed by atoms with van der Waals surface area (Å²) in [5, 5.41) is 23.9. The molecule has 5 heteroatoms. The number of aliphatic hydroxyl groups is 3. The van der Waals surface area contributed by atoms with Crippen molar-refractivity contribution in [3.05, 3.63) is 0 Å². The van der Waals surface area contributed by atoms with Crippen LogP contribution in [0.2, 0.25) is 0 Å². The molecule has 1 unspecified atom stereocenters. The number of hydrogen-bond donors (Lipinski definition) is 3. The Morgan fingerprint density at radius 3 is 1.50 bits per heavy atom. The van der Waals surface area contributed by atoms with E-state index in [1.165, 1.54) is 0 Å². The van der Waals surface area contributed by atoms with Gasteiger partial charge in [-0.1, -0.05) is 0 Å². The Hall–Kier alpha value is 1.05. The maximum absolute atomic E-state index is 7.96. The van der Waals surface area contributed by atoms with Crippen molar-refractivity contribution in [3.8, 4) is 0 Å². The second kappa shape index (κ2) is 2.38. The van der Waals surface area contributed by atoms with Crippen molar-refractivity contribution >= 4 is 7.13 Å². The molecule has 0 rings (SSSR count). The van der Waals surface area contributed by atoms with Crippen LogP contribution in [0, 0.1) is 0 Å². The first kappa shape index (κ1) is 7.05. The molecule has 0 radical (unpaired) electrons. The van der Waals surface area contributed by atoms with Gasteiger partial charge in [0.25, 0.3) is 0 Å². The van der Waals surface area contributed by atoms with Gasteiger partial charge >= 0.3 is 45.9 Å². The first-order valence-electron chi connectivity index (χ1n) is 0.996. The molecule has 0 spiro atoms. The summed E-state index contributed by atoms with van der Waals surface area (Å²) < 4.78 is -2.40. The van der Waals surface area contributed by atoms with Crippen LogP contribution in [0.5, 0.6) is 0 Å². The molecular formula is CH5AuO3P. The van der Waals surface area contributed by atoms with Crippen molar-refractivity contribution in [3.63, 3.8) is 0 Å². The molecule has 0 aliphatic heterocycles. The fourth-order valence-electron chi connectivity index (χ4n) is 0. The average Bonchev–Trinajstić information content (AvgIpc) is 1.35. The van der Waals surface area contributed by atoms with Crippen molar-refractivity contribution in [1.82, 2.24) is 0 Å². The predicted molar refractivity (Wildman–Crippen MR) is 19.1 cm³/mol. The van der Waals surface area contributed by atoms with E-state index < -0.39 is 23.4 Å². The van der Waals surface area contributed by atoms with Crippen molar-refractivity contribution in [2.24, 2.45) is 0 Å². The molecule has 0 saturated carbocycles. The van der Waals surface area contributed by atoms with Gasteiger partial charge in [-0.05, 0) is 0 Å². The Balaban J connectivity index is 3.17. The first-order valence-corrected chi connectivity index (χ1v) is 6.18. The Kier molecular flexibility index (Phi) is 2.80. The molecule has 0 aromatic heterocycles. The second-order valence-electron chi connectivity index (χ2n) is 0.589. The van der Waals surface area contributed by atoms with Crippen LogP contribution in [0.1, 0.15) is 0 Å². The Labute approximate surface area is 46.3 Å². The summed E-state index contributed by atoms with van der Waals surface area (Å²) in [7, 11) is 2.07. The van der Waals surface area contributed by atoms with Crippen molar-refractivity contribution in [2.45, 2.75) is 4.19 Å². The van der Waals surface area contributed by atoms with E-state index in [2.05, 4.69) is 7.13 Å². The third-order valence-electron chi connectivity index (χ3n) is 0.117. The summed E-state index contributed by atoms with van der Waals surface area (Å²) in [5.74, 6) is 0. The monoisotopic (exact) mass is 293 g/mol. The topological polar surface area (TPSA) is 60.7 Å². The molecule has 0 aliphatic carbocycles. The van der Waals surface area contributed by atoms with E-state index in [0.717, 1.165) is 0 Å². The standard InChI is InChI=1S/CH3O3.Au.H2P/c2-1(3)4;;/h2-4H;;1H2/q;+1;-1. The van der Waals surface area contributed by atoms with Crippen molar-refractivity contribution in [1.29, 1.82) is 0 Å². The van der Waals surface area contributed by atoms with E-state index in [1.54, 1.807) is 0 Å². The number of hydrogen-bond acceptors (Lipinski definition) is 3. The predicted octanol–water partition coefficient (Wildman–Crippen LogP) is -1.55. The first-order chi connectivity index (χ1) is 2.56. The Morgan fingerprint density at radius 1 is 1.33 bits per heavy atom. The van der Waals surface area contributed by atoms with Gasteiger partial charge in [0.15, 0.2) is 0 Å². The van der Waals surface area contributed by atoms with Crippen molar-refractivity contribution in [2.75, 3.05) is 0 Å². The van der Waals surface area contributed by atoms with E-state index in [-0.39, 0.29) is 0 Å². The van der Waals surface area contributed by atoms with Gasteiger partial charge in [0, 0.05) is 0 Å². The van der Waals surface area contributed by atoms with Gasteiger partial charge in [-0.2, -0.15) is 0 Å². The quantitative estimate of drug-likeness (QED) is 0.311. The van der Waals surface area contributed by atoms with Crippen LogP contribution in [-0.4, -0.2) is 19.5 Å². The zero-order valence-electron chi connectivity index (χ0n) is 2.72. The average molecular weight is 293 g/mol. The molecule has 0 saturated heterocycles. The van der Waals surface area contributed by atoms with Crippen LogP contribution in [0.4, 0.5) is 0 Å². The number of rotatable bonds is 1. The van der Waals surface area contributed by atoms with E-state index in [4.69, 9.17) is 15.3 Å². The van der Waals surface area contributed by atoms with Gasteiger partial charge in [0.05, 0.1) is 0 Å². The fraction of sp³-hybridized carbons (Fsp3) is 1.00. The van der Waals surface area contributed by atoms with Gasteiger partial charge in [-0.3, -0.25) is 0 Å². The summed E-state index contributed by atoms with van der Waals surface area (Å²) in [5.41, 5.74) is 0. The zero-order valence-corrected chi connectivity index (χ0v) is 6.04. The molecule has 43 valence electrons. The van der Waals surface area contributed by atoms with Gasteiger partial charge in [0.2, 0.25) is 0 Å². The minimum atomic E-state index is -2.40.